The van der Waals surface area contributed by atoms with Gasteiger partial charge in [0, 0.05) is 11.1 Å². The van der Waals surface area contributed by atoms with Crippen molar-refractivity contribution < 1.29 is 4.79 Å². The van der Waals surface area contributed by atoms with Crippen molar-refractivity contribution in [3.05, 3.63) is 64.7 Å². The molecule has 0 aliphatic carbocycles. The summed E-state index contributed by atoms with van der Waals surface area (Å²) in [5, 5.41) is 9.62. The van der Waals surface area contributed by atoms with Crippen LogP contribution in [0.4, 0.5) is 5.95 Å². The molecular formula is C18H18N4O. The Morgan fingerprint density at radius 3 is 2.26 bits per heavy atom. The Bertz CT molecular complexity index is 829. The van der Waals surface area contributed by atoms with E-state index in [1.807, 2.05) is 63.2 Å². The highest BCUT2D eigenvalue weighted by atomic mass is 16.1. The van der Waals surface area contributed by atoms with Gasteiger partial charge in [-0.2, -0.15) is 4.98 Å². The first-order valence-electron chi connectivity index (χ1n) is 7.40. The van der Waals surface area contributed by atoms with E-state index in [0.29, 0.717) is 11.4 Å². The summed E-state index contributed by atoms with van der Waals surface area (Å²) in [6, 6.07) is 13.7. The summed E-state index contributed by atoms with van der Waals surface area (Å²) in [6.07, 6.45) is 0. The number of benzene rings is 2. The van der Waals surface area contributed by atoms with E-state index in [-0.39, 0.29) is 11.9 Å². The maximum Gasteiger partial charge on any atom is 0.258 e. The molecule has 0 bridgehead atoms. The molecule has 0 spiro atoms. The number of carbonyl (C=O) groups is 1. The first kappa shape index (κ1) is 15.0. The largest absolute Gasteiger partial charge is 0.289 e. The number of aromatic amines is 1. The predicted octanol–water partition coefficient (Wildman–Crippen LogP) is 3.65. The molecule has 1 heterocycles. The van der Waals surface area contributed by atoms with Gasteiger partial charge in [0.05, 0.1) is 0 Å². The number of nitrogens with one attached hydrogen (secondary N) is 2. The number of amides is 1. The molecule has 0 radical (unpaired) electrons. The van der Waals surface area contributed by atoms with Gasteiger partial charge in [0.15, 0.2) is 5.82 Å². The molecule has 0 aliphatic heterocycles. The van der Waals surface area contributed by atoms with E-state index in [4.69, 9.17) is 0 Å². The van der Waals surface area contributed by atoms with E-state index in [2.05, 4.69) is 20.5 Å². The Labute approximate surface area is 134 Å². The maximum absolute atomic E-state index is 12.3. The molecule has 5 nitrogen and oxygen atoms in total. The smallest absolute Gasteiger partial charge is 0.258 e. The number of anilines is 1. The summed E-state index contributed by atoms with van der Waals surface area (Å²) < 4.78 is 0. The third kappa shape index (κ3) is 3.45. The molecule has 116 valence electrons. The van der Waals surface area contributed by atoms with Crippen molar-refractivity contribution in [3.63, 3.8) is 0 Å². The summed E-state index contributed by atoms with van der Waals surface area (Å²) >= 11 is 0. The number of rotatable bonds is 3. The second kappa shape index (κ2) is 6.04. The zero-order valence-electron chi connectivity index (χ0n) is 13.3. The molecule has 0 fully saturated rings. The summed E-state index contributed by atoms with van der Waals surface area (Å²) in [5.41, 5.74) is 4.80. The van der Waals surface area contributed by atoms with Gasteiger partial charge in [0.1, 0.15) is 0 Å². The van der Waals surface area contributed by atoms with Crippen molar-refractivity contribution >= 4 is 11.9 Å². The minimum atomic E-state index is -0.216. The van der Waals surface area contributed by atoms with Crippen LogP contribution in [0.2, 0.25) is 0 Å². The van der Waals surface area contributed by atoms with E-state index in [0.717, 1.165) is 16.7 Å². The Morgan fingerprint density at radius 1 is 0.957 bits per heavy atom. The van der Waals surface area contributed by atoms with Crippen LogP contribution in [0, 0.1) is 20.8 Å². The van der Waals surface area contributed by atoms with Gasteiger partial charge < -0.3 is 0 Å². The standard InChI is InChI=1S/C18H18N4O/c1-11-4-6-14(7-5-11)16-19-18(22-21-16)20-17(23)15-9-12(2)8-13(3)10-15/h4-10H,1-3H3,(H2,19,20,21,22,23). The van der Waals surface area contributed by atoms with Crippen molar-refractivity contribution in [1.82, 2.24) is 15.2 Å². The topological polar surface area (TPSA) is 70.7 Å². The lowest BCUT2D eigenvalue weighted by molar-refractivity contribution is 0.102. The summed E-state index contributed by atoms with van der Waals surface area (Å²) in [6.45, 7) is 5.96. The third-order valence-electron chi connectivity index (χ3n) is 3.52. The van der Waals surface area contributed by atoms with Gasteiger partial charge in [-0.05, 0) is 32.9 Å². The number of hydrogen-bond acceptors (Lipinski definition) is 3. The van der Waals surface area contributed by atoms with Gasteiger partial charge in [-0.15, -0.1) is 5.10 Å². The van der Waals surface area contributed by atoms with Crippen LogP contribution in [0.25, 0.3) is 11.4 Å². The van der Waals surface area contributed by atoms with Crippen molar-refractivity contribution in [2.24, 2.45) is 0 Å². The maximum atomic E-state index is 12.3. The fourth-order valence-electron chi connectivity index (χ4n) is 2.44. The third-order valence-corrected chi connectivity index (χ3v) is 3.52. The normalized spacial score (nSPS) is 10.6. The van der Waals surface area contributed by atoms with Crippen molar-refractivity contribution in [1.29, 1.82) is 0 Å². The molecule has 23 heavy (non-hydrogen) atoms. The molecule has 3 rings (SSSR count). The Kier molecular flexibility index (Phi) is 3.93. The minimum absolute atomic E-state index is 0.216. The second-order valence-electron chi connectivity index (χ2n) is 5.70. The number of hydrogen-bond donors (Lipinski definition) is 2. The molecular weight excluding hydrogens is 288 g/mol. The highest BCUT2D eigenvalue weighted by Crippen LogP contribution is 2.17. The molecule has 0 saturated carbocycles. The van der Waals surface area contributed by atoms with Gasteiger partial charge in [-0.25, -0.2) is 0 Å². The van der Waals surface area contributed by atoms with Crippen LogP contribution in [-0.2, 0) is 0 Å². The number of H-pyrrole nitrogens is 1. The molecule has 5 heteroatoms. The van der Waals surface area contributed by atoms with E-state index < -0.39 is 0 Å². The monoisotopic (exact) mass is 306 g/mol. The summed E-state index contributed by atoms with van der Waals surface area (Å²) in [7, 11) is 0. The fraction of sp³-hybridized carbons (Fsp3) is 0.167. The fourth-order valence-corrected chi connectivity index (χ4v) is 2.44. The highest BCUT2D eigenvalue weighted by Gasteiger charge is 2.11. The van der Waals surface area contributed by atoms with Crippen LogP contribution in [0.3, 0.4) is 0 Å². The zero-order chi connectivity index (χ0) is 16.4. The Balaban J connectivity index is 1.78. The van der Waals surface area contributed by atoms with E-state index in [1.54, 1.807) is 0 Å². The van der Waals surface area contributed by atoms with Crippen LogP contribution in [0.5, 0.6) is 0 Å². The lowest BCUT2D eigenvalue weighted by atomic mass is 10.1. The van der Waals surface area contributed by atoms with Gasteiger partial charge in [-0.3, -0.25) is 15.2 Å². The van der Waals surface area contributed by atoms with Crippen molar-refractivity contribution in [3.8, 4) is 11.4 Å². The first-order valence-corrected chi connectivity index (χ1v) is 7.40. The lowest BCUT2D eigenvalue weighted by Crippen LogP contribution is -2.13. The van der Waals surface area contributed by atoms with Crippen LogP contribution in [0.15, 0.2) is 42.5 Å². The highest BCUT2D eigenvalue weighted by molar-refractivity contribution is 6.03. The SMILES string of the molecule is Cc1ccc(-c2nc(NC(=O)c3cc(C)cc(C)c3)n[nH]2)cc1. The molecule has 0 aliphatic rings. The Hall–Kier alpha value is -2.95. The van der Waals surface area contributed by atoms with Gasteiger partial charge in [0.2, 0.25) is 5.95 Å². The van der Waals surface area contributed by atoms with Gasteiger partial charge in [0.25, 0.3) is 5.91 Å². The molecule has 3 aromatic rings. The molecule has 0 saturated heterocycles. The van der Waals surface area contributed by atoms with E-state index in [9.17, 15) is 4.79 Å². The molecule has 2 aromatic carbocycles. The van der Waals surface area contributed by atoms with Crippen LogP contribution in [0.1, 0.15) is 27.0 Å². The van der Waals surface area contributed by atoms with Crippen molar-refractivity contribution in [2.75, 3.05) is 5.32 Å². The van der Waals surface area contributed by atoms with Crippen LogP contribution < -0.4 is 5.32 Å². The first-order chi connectivity index (χ1) is 11.0. The molecule has 0 unspecified atom stereocenters. The van der Waals surface area contributed by atoms with E-state index in [1.165, 1.54) is 5.56 Å². The minimum Gasteiger partial charge on any atom is -0.289 e. The second-order valence-corrected chi connectivity index (χ2v) is 5.70. The van der Waals surface area contributed by atoms with Crippen molar-refractivity contribution in [2.45, 2.75) is 20.8 Å². The molecule has 1 aromatic heterocycles. The van der Waals surface area contributed by atoms with Gasteiger partial charge in [-0.1, -0.05) is 47.0 Å². The van der Waals surface area contributed by atoms with E-state index >= 15 is 0 Å². The quantitative estimate of drug-likeness (QED) is 0.776. The summed E-state index contributed by atoms with van der Waals surface area (Å²) in [4.78, 5) is 16.6. The number of aryl methyl sites for hydroxylation is 3. The number of carbonyl (C=O) groups excluding carboxylic acids is 1. The zero-order valence-corrected chi connectivity index (χ0v) is 13.3. The lowest BCUT2D eigenvalue weighted by Gasteiger charge is -2.04. The molecule has 1 amide bonds. The van der Waals surface area contributed by atoms with Crippen LogP contribution >= 0.6 is 0 Å². The predicted molar refractivity (Wildman–Crippen MR) is 90.4 cm³/mol. The van der Waals surface area contributed by atoms with Crippen LogP contribution in [-0.4, -0.2) is 21.1 Å². The van der Waals surface area contributed by atoms with Gasteiger partial charge >= 0.3 is 0 Å². The number of nitrogens with zero attached hydrogens (tertiary/aromatic N) is 2. The summed E-state index contributed by atoms with van der Waals surface area (Å²) in [5.74, 6) is 0.678. The average molecular weight is 306 g/mol. The average Bonchev–Trinajstić information content (AvgIpc) is 2.95. The molecule has 2 N–H and O–H groups in total. The Morgan fingerprint density at radius 2 is 1.61 bits per heavy atom. The number of aromatic nitrogens is 3. The molecule has 0 atom stereocenters.